The average Bonchev–Trinajstić information content (AvgIpc) is 2.82. The molecule has 3 aromatic rings. The number of pyridine rings is 1. The van der Waals surface area contributed by atoms with Crippen LogP contribution < -0.4 is 4.74 Å². The molecule has 0 atom stereocenters. The van der Waals surface area contributed by atoms with Crippen molar-refractivity contribution in [1.82, 2.24) is 9.38 Å². The Morgan fingerprint density at radius 2 is 2.12 bits per heavy atom. The zero-order valence-corrected chi connectivity index (χ0v) is 14.3. The van der Waals surface area contributed by atoms with Crippen molar-refractivity contribution >= 4 is 23.0 Å². The van der Waals surface area contributed by atoms with Crippen LogP contribution in [-0.4, -0.2) is 15.2 Å². The molecule has 0 saturated heterocycles. The molecule has 0 amide bonds. The van der Waals surface area contributed by atoms with Crippen LogP contribution in [-0.2, 0) is 6.61 Å². The van der Waals surface area contributed by atoms with E-state index in [9.17, 15) is 9.18 Å². The van der Waals surface area contributed by atoms with Crippen LogP contribution in [0.2, 0.25) is 5.02 Å². The number of nitrogens with zero attached hydrogens (tertiary/aromatic N) is 2. The van der Waals surface area contributed by atoms with Gasteiger partial charge in [-0.25, -0.2) is 9.37 Å². The highest BCUT2D eigenvalue weighted by Crippen LogP contribution is 2.28. The van der Waals surface area contributed by atoms with E-state index in [0.29, 0.717) is 33.4 Å². The van der Waals surface area contributed by atoms with Crippen LogP contribution in [0.25, 0.3) is 5.65 Å². The number of benzene rings is 1. The van der Waals surface area contributed by atoms with Gasteiger partial charge in [0.15, 0.2) is 17.2 Å². The predicted molar refractivity (Wildman–Crippen MR) is 90.4 cm³/mol. The third-order valence-electron chi connectivity index (χ3n) is 3.89. The molecule has 0 radical (unpaired) electrons. The minimum atomic E-state index is -0.322. The molecule has 0 N–H and O–H groups in total. The fraction of sp³-hybridized carbons (Fsp3) is 0.222. The van der Waals surface area contributed by atoms with Gasteiger partial charge >= 0.3 is 0 Å². The summed E-state index contributed by atoms with van der Waals surface area (Å²) >= 11 is 6.14. The van der Waals surface area contributed by atoms with Crippen LogP contribution in [0.5, 0.6) is 5.75 Å². The summed E-state index contributed by atoms with van der Waals surface area (Å²) in [6.45, 7) is 5.10. The Morgan fingerprint density at radius 3 is 2.79 bits per heavy atom. The quantitative estimate of drug-likeness (QED) is 0.652. The van der Waals surface area contributed by atoms with Crippen LogP contribution in [0.15, 0.2) is 30.5 Å². The first-order valence-electron chi connectivity index (χ1n) is 7.44. The predicted octanol–water partition coefficient (Wildman–Crippen LogP) is 4.53. The first kappa shape index (κ1) is 16.5. The Bertz CT molecular complexity index is 930. The average molecular weight is 347 g/mol. The number of imidazole rings is 1. The molecule has 0 aliphatic heterocycles. The lowest BCUT2D eigenvalue weighted by atomic mass is 10.1. The van der Waals surface area contributed by atoms with Crippen LogP contribution in [0, 0.1) is 19.7 Å². The SMILES string of the molecule is CC(=O)c1c(C)nc2c(OCc3c(C)cccc3F)cc(Cl)cn12. The van der Waals surface area contributed by atoms with Gasteiger partial charge in [-0.3, -0.25) is 9.20 Å². The van der Waals surface area contributed by atoms with E-state index in [-0.39, 0.29) is 18.2 Å². The third-order valence-corrected chi connectivity index (χ3v) is 4.09. The van der Waals surface area contributed by atoms with Gasteiger partial charge in [0.25, 0.3) is 0 Å². The van der Waals surface area contributed by atoms with Crippen molar-refractivity contribution in [3.8, 4) is 5.75 Å². The largest absolute Gasteiger partial charge is 0.485 e. The maximum Gasteiger partial charge on any atom is 0.180 e. The minimum absolute atomic E-state index is 0.0514. The highest BCUT2D eigenvalue weighted by Gasteiger charge is 2.17. The monoisotopic (exact) mass is 346 g/mol. The molecule has 4 nitrogen and oxygen atoms in total. The standard InChI is InChI=1S/C18H16ClFN2O2/c1-10-5-4-6-15(20)14(10)9-24-16-7-13(19)8-22-17(12(3)23)11(2)21-18(16)22/h4-8H,9H2,1-3H3. The van der Waals surface area contributed by atoms with Gasteiger partial charge in [0.05, 0.1) is 10.7 Å². The maximum absolute atomic E-state index is 13.9. The van der Waals surface area contributed by atoms with E-state index in [1.54, 1.807) is 29.7 Å². The van der Waals surface area contributed by atoms with Gasteiger partial charge < -0.3 is 4.74 Å². The van der Waals surface area contributed by atoms with Crippen molar-refractivity contribution in [2.45, 2.75) is 27.4 Å². The van der Waals surface area contributed by atoms with Crippen LogP contribution in [0.1, 0.15) is 34.2 Å². The van der Waals surface area contributed by atoms with Crippen LogP contribution in [0.3, 0.4) is 0 Å². The van der Waals surface area contributed by atoms with E-state index in [1.165, 1.54) is 13.0 Å². The summed E-state index contributed by atoms with van der Waals surface area (Å²) < 4.78 is 21.3. The van der Waals surface area contributed by atoms with E-state index >= 15 is 0 Å². The number of aryl methyl sites for hydroxylation is 2. The summed E-state index contributed by atoms with van der Waals surface area (Å²) in [4.78, 5) is 16.2. The first-order chi connectivity index (χ1) is 11.4. The van der Waals surface area contributed by atoms with Gasteiger partial charge in [-0.05, 0) is 25.5 Å². The van der Waals surface area contributed by atoms with Crippen molar-refractivity contribution in [3.05, 3.63) is 63.8 Å². The van der Waals surface area contributed by atoms with E-state index in [0.717, 1.165) is 5.56 Å². The summed E-state index contributed by atoms with van der Waals surface area (Å²) in [5, 5.41) is 0.405. The first-order valence-corrected chi connectivity index (χ1v) is 7.82. The number of aromatic nitrogens is 2. The molecule has 0 unspecified atom stereocenters. The fourth-order valence-corrected chi connectivity index (χ4v) is 2.92. The smallest absolute Gasteiger partial charge is 0.180 e. The maximum atomic E-state index is 13.9. The van der Waals surface area contributed by atoms with Gasteiger partial charge in [-0.15, -0.1) is 0 Å². The second kappa shape index (κ2) is 6.24. The molecule has 24 heavy (non-hydrogen) atoms. The summed E-state index contributed by atoms with van der Waals surface area (Å²) in [5.74, 6) is -0.0316. The van der Waals surface area contributed by atoms with E-state index in [2.05, 4.69) is 4.98 Å². The molecule has 1 aromatic carbocycles. The van der Waals surface area contributed by atoms with Gasteiger partial charge in [0, 0.05) is 24.8 Å². The number of Topliss-reactive ketones (excluding diaryl/α,β-unsaturated/α-hetero) is 1. The molecule has 124 valence electrons. The Kier molecular flexibility index (Phi) is 4.28. The number of fused-ring (bicyclic) bond motifs is 1. The van der Waals surface area contributed by atoms with E-state index < -0.39 is 0 Å². The Balaban J connectivity index is 2.04. The highest BCUT2D eigenvalue weighted by atomic mass is 35.5. The van der Waals surface area contributed by atoms with E-state index in [4.69, 9.17) is 16.3 Å². The number of ketones is 1. The van der Waals surface area contributed by atoms with Gasteiger partial charge in [-0.2, -0.15) is 0 Å². The summed E-state index contributed by atoms with van der Waals surface area (Å²) in [5.41, 5.74) is 2.81. The van der Waals surface area contributed by atoms with E-state index in [1.807, 2.05) is 13.0 Å². The summed E-state index contributed by atoms with van der Waals surface area (Å²) in [6, 6.07) is 6.49. The molecule has 0 spiro atoms. The molecule has 0 bridgehead atoms. The number of carbonyl (C=O) groups excluding carboxylic acids is 1. The molecular formula is C18H16ClFN2O2. The summed E-state index contributed by atoms with van der Waals surface area (Å²) in [6.07, 6.45) is 1.62. The molecule has 2 aromatic heterocycles. The van der Waals surface area contributed by atoms with Crippen molar-refractivity contribution in [3.63, 3.8) is 0 Å². The molecule has 6 heteroatoms. The molecular weight excluding hydrogens is 331 g/mol. The Hall–Kier alpha value is -2.40. The zero-order chi connectivity index (χ0) is 17.4. The lowest BCUT2D eigenvalue weighted by molar-refractivity contribution is 0.101. The summed E-state index contributed by atoms with van der Waals surface area (Å²) in [7, 11) is 0. The zero-order valence-electron chi connectivity index (χ0n) is 13.6. The Morgan fingerprint density at radius 1 is 1.38 bits per heavy atom. The third kappa shape index (κ3) is 2.87. The number of halogens is 2. The Labute approximate surface area is 143 Å². The van der Waals surface area contributed by atoms with Crippen LogP contribution >= 0.6 is 11.6 Å². The number of carbonyl (C=O) groups is 1. The molecule has 2 heterocycles. The number of hydrogen-bond donors (Lipinski definition) is 0. The van der Waals surface area contributed by atoms with Crippen molar-refractivity contribution in [2.24, 2.45) is 0 Å². The lowest BCUT2D eigenvalue weighted by Crippen LogP contribution is -2.04. The highest BCUT2D eigenvalue weighted by molar-refractivity contribution is 6.30. The number of hydrogen-bond acceptors (Lipinski definition) is 3. The molecule has 3 rings (SSSR count). The lowest BCUT2D eigenvalue weighted by Gasteiger charge is -2.11. The van der Waals surface area contributed by atoms with Crippen molar-refractivity contribution in [2.75, 3.05) is 0 Å². The molecule has 0 saturated carbocycles. The van der Waals surface area contributed by atoms with Gasteiger partial charge in [0.1, 0.15) is 18.1 Å². The molecule has 0 aliphatic carbocycles. The minimum Gasteiger partial charge on any atom is -0.485 e. The second-order valence-corrected chi connectivity index (χ2v) is 6.08. The van der Waals surface area contributed by atoms with Crippen LogP contribution in [0.4, 0.5) is 4.39 Å². The molecule has 0 aliphatic rings. The number of ether oxygens (including phenoxy) is 1. The fourth-order valence-electron chi connectivity index (χ4n) is 2.73. The van der Waals surface area contributed by atoms with Crippen molar-refractivity contribution < 1.29 is 13.9 Å². The van der Waals surface area contributed by atoms with Gasteiger partial charge in [0.2, 0.25) is 0 Å². The normalized spacial score (nSPS) is 11.0. The second-order valence-electron chi connectivity index (χ2n) is 5.64. The topological polar surface area (TPSA) is 43.6 Å². The van der Waals surface area contributed by atoms with Gasteiger partial charge in [-0.1, -0.05) is 23.7 Å². The number of rotatable bonds is 4. The molecule has 0 fully saturated rings. The van der Waals surface area contributed by atoms with Crippen molar-refractivity contribution in [1.29, 1.82) is 0 Å².